The third kappa shape index (κ3) is 7.37. The first-order chi connectivity index (χ1) is 17.5. The van der Waals surface area contributed by atoms with Gasteiger partial charge in [-0.25, -0.2) is 0 Å². The second-order valence-electron chi connectivity index (χ2n) is 8.82. The first kappa shape index (κ1) is 27.3. The summed E-state index contributed by atoms with van der Waals surface area (Å²) in [4.78, 5) is 27.6. The zero-order chi connectivity index (χ0) is 25.9. The normalized spacial score (nSPS) is 14.6. The summed E-state index contributed by atoms with van der Waals surface area (Å²) in [7, 11) is 1.62. The van der Waals surface area contributed by atoms with E-state index in [2.05, 4.69) is 5.32 Å². The minimum atomic E-state index is -0.398. The van der Waals surface area contributed by atoms with Crippen LogP contribution in [0.5, 0.6) is 17.2 Å². The number of methoxy groups -OCH3 is 1. The third-order valence-corrected chi connectivity index (χ3v) is 6.16. The molecule has 0 spiro atoms. The van der Waals surface area contributed by atoms with Crippen LogP contribution in [0.25, 0.3) is 0 Å². The Balaban J connectivity index is 1.80. The average Bonchev–Trinajstić information content (AvgIpc) is 2.91. The van der Waals surface area contributed by atoms with Gasteiger partial charge in [-0.15, -0.1) is 0 Å². The second-order valence-corrected chi connectivity index (χ2v) is 8.82. The van der Waals surface area contributed by atoms with Gasteiger partial charge >= 0.3 is 5.97 Å². The Hall–Kier alpha value is -3.26. The smallest absolute Gasteiger partial charge is 0.312 e. The Morgan fingerprint density at radius 3 is 2.50 bits per heavy atom. The molecule has 8 heteroatoms. The highest BCUT2D eigenvalue weighted by Gasteiger charge is 2.27. The number of nitrogens with one attached hydrogen (secondary N) is 1. The van der Waals surface area contributed by atoms with Gasteiger partial charge in [-0.1, -0.05) is 12.1 Å². The Bertz CT molecular complexity index is 1010. The molecule has 1 heterocycles. The Morgan fingerprint density at radius 1 is 1.03 bits per heavy atom. The van der Waals surface area contributed by atoms with Crippen LogP contribution in [0.15, 0.2) is 42.5 Å². The number of piperidine rings is 1. The summed E-state index contributed by atoms with van der Waals surface area (Å²) >= 11 is 0. The van der Waals surface area contributed by atoms with Crippen molar-refractivity contribution in [2.45, 2.75) is 46.2 Å². The van der Waals surface area contributed by atoms with Gasteiger partial charge in [-0.05, 0) is 82.6 Å². The number of carbonyl (C=O) groups is 2. The Morgan fingerprint density at radius 2 is 1.81 bits per heavy atom. The monoisotopic (exact) mass is 498 g/mol. The van der Waals surface area contributed by atoms with Gasteiger partial charge in [0.25, 0.3) is 5.91 Å². The highest BCUT2D eigenvalue weighted by Crippen LogP contribution is 2.30. The minimum absolute atomic E-state index is 0.0560. The van der Waals surface area contributed by atoms with Gasteiger partial charge in [0, 0.05) is 18.2 Å². The zero-order valence-electron chi connectivity index (χ0n) is 21.7. The predicted molar refractivity (Wildman–Crippen MR) is 138 cm³/mol. The van der Waals surface area contributed by atoms with Crippen molar-refractivity contribution in [3.05, 3.63) is 53.6 Å². The van der Waals surface area contributed by atoms with E-state index in [-0.39, 0.29) is 24.5 Å². The van der Waals surface area contributed by atoms with Crippen LogP contribution < -0.4 is 19.5 Å². The summed E-state index contributed by atoms with van der Waals surface area (Å²) < 4.78 is 22.0. The van der Waals surface area contributed by atoms with Crippen LogP contribution in [-0.4, -0.2) is 62.8 Å². The molecule has 0 bridgehead atoms. The Labute approximate surface area is 213 Å². The van der Waals surface area contributed by atoms with Gasteiger partial charge in [-0.2, -0.15) is 0 Å². The van der Waals surface area contributed by atoms with Crippen molar-refractivity contribution in [1.82, 2.24) is 10.2 Å². The fourth-order valence-electron chi connectivity index (χ4n) is 4.23. The van der Waals surface area contributed by atoms with E-state index >= 15 is 0 Å². The number of hydrogen-bond acceptors (Lipinski definition) is 7. The molecule has 0 saturated carbocycles. The molecular weight excluding hydrogens is 460 g/mol. The lowest BCUT2D eigenvalue weighted by molar-refractivity contribution is -0.148. The van der Waals surface area contributed by atoms with Crippen LogP contribution in [-0.2, 0) is 16.1 Å². The molecule has 1 saturated heterocycles. The van der Waals surface area contributed by atoms with E-state index in [9.17, 15) is 9.59 Å². The lowest BCUT2D eigenvalue weighted by Gasteiger charge is -2.35. The van der Waals surface area contributed by atoms with Crippen molar-refractivity contribution >= 4 is 11.9 Å². The molecule has 1 atom stereocenters. The van der Waals surface area contributed by atoms with Crippen molar-refractivity contribution in [2.24, 2.45) is 5.92 Å². The summed E-state index contributed by atoms with van der Waals surface area (Å²) in [5.41, 5.74) is 1.52. The minimum Gasteiger partial charge on any atom is -0.493 e. The van der Waals surface area contributed by atoms with Crippen molar-refractivity contribution < 1.29 is 28.5 Å². The van der Waals surface area contributed by atoms with Crippen molar-refractivity contribution in [3.63, 3.8) is 0 Å². The topological polar surface area (TPSA) is 86.3 Å². The molecular formula is C28H38N2O6. The lowest BCUT2D eigenvalue weighted by Crippen LogP contribution is -2.45. The number of rotatable bonds is 12. The van der Waals surface area contributed by atoms with E-state index in [1.54, 1.807) is 45.2 Å². The highest BCUT2D eigenvalue weighted by molar-refractivity contribution is 5.94. The quantitative estimate of drug-likeness (QED) is 0.442. The molecule has 0 aliphatic carbocycles. The number of nitrogens with zero attached hydrogens (tertiary/aromatic N) is 1. The largest absolute Gasteiger partial charge is 0.493 e. The van der Waals surface area contributed by atoms with Crippen molar-refractivity contribution in [3.8, 4) is 17.2 Å². The molecule has 3 rings (SSSR count). The molecule has 0 radical (unpaired) electrons. The molecule has 36 heavy (non-hydrogen) atoms. The molecule has 8 nitrogen and oxygen atoms in total. The maximum atomic E-state index is 13.8. The second kappa shape index (κ2) is 13.7. The van der Waals surface area contributed by atoms with Crippen molar-refractivity contribution in [2.75, 3.05) is 40.0 Å². The van der Waals surface area contributed by atoms with E-state index < -0.39 is 5.92 Å². The van der Waals surface area contributed by atoms with Gasteiger partial charge in [-0.3, -0.25) is 9.59 Å². The van der Waals surface area contributed by atoms with Gasteiger partial charge in [0.1, 0.15) is 12.4 Å². The first-order valence-corrected chi connectivity index (χ1v) is 12.7. The van der Waals surface area contributed by atoms with E-state index in [1.165, 1.54) is 0 Å². The van der Waals surface area contributed by atoms with Gasteiger partial charge in [0.05, 0.1) is 26.2 Å². The molecule has 1 aliphatic rings. The molecule has 0 aromatic heterocycles. The molecule has 196 valence electrons. The fraction of sp³-hybridized carbons (Fsp3) is 0.500. The van der Waals surface area contributed by atoms with Crippen LogP contribution in [0.2, 0.25) is 0 Å². The number of amides is 1. The number of carbonyl (C=O) groups excluding carboxylic acids is 2. The molecule has 2 aromatic carbocycles. The SMILES string of the molecule is CCOC(=O)C(C)COc1cccc(C(=O)N(Cc2ccc(OC)c(OCC)c2)C2CCNCC2)c1. The van der Waals surface area contributed by atoms with Crippen LogP contribution in [0.4, 0.5) is 0 Å². The number of benzene rings is 2. The summed E-state index contributed by atoms with van der Waals surface area (Å²) in [6.45, 7) is 8.71. The number of ether oxygens (including phenoxy) is 4. The van der Waals surface area contributed by atoms with Gasteiger partial charge < -0.3 is 29.2 Å². The highest BCUT2D eigenvalue weighted by atomic mass is 16.5. The van der Waals surface area contributed by atoms with Crippen LogP contribution >= 0.6 is 0 Å². The van der Waals surface area contributed by atoms with Gasteiger partial charge in [0.15, 0.2) is 11.5 Å². The van der Waals surface area contributed by atoms with E-state index in [0.29, 0.717) is 42.6 Å². The number of hydrogen-bond donors (Lipinski definition) is 1. The predicted octanol–water partition coefficient (Wildman–Crippen LogP) is 4.07. The van der Waals surface area contributed by atoms with E-state index in [1.807, 2.05) is 30.0 Å². The number of esters is 1. The molecule has 1 fully saturated rings. The van der Waals surface area contributed by atoms with E-state index in [4.69, 9.17) is 18.9 Å². The summed E-state index contributed by atoms with van der Waals surface area (Å²) in [6.07, 6.45) is 1.76. The zero-order valence-corrected chi connectivity index (χ0v) is 21.7. The standard InChI is InChI=1S/C28H38N2O6/c1-5-34-26-16-21(10-11-25(26)33-4)18-30(23-12-14-29-15-13-23)27(31)22-8-7-9-24(17-22)36-19-20(3)28(32)35-6-2/h7-11,16-17,20,23,29H,5-6,12-15,18-19H2,1-4H3. The lowest BCUT2D eigenvalue weighted by atomic mass is 10.0. The summed E-state index contributed by atoms with van der Waals surface area (Å²) in [6, 6.07) is 13.1. The maximum Gasteiger partial charge on any atom is 0.312 e. The summed E-state index contributed by atoms with van der Waals surface area (Å²) in [5.74, 6) is 1.13. The first-order valence-electron chi connectivity index (χ1n) is 12.7. The summed E-state index contributed by atoms with van der Waals surface area (Å²) in [5, 5.41) is 3.38. The molecule has 1 unspecified atom stereocenters. The Kier molecular flexibility index (Phi) is 10.4. The fourth-order valence-corrected chi connectivity index (χ4v) is 4.23. The van der Waals surface area contributed by atoms with Crippen LogP contribution in [0.3, 0.4) is 0 Å². The molecule has 2 aromatic rings. The average molecular weight is 499 g/mol. The maximum absolute atomic E-state index is 13.8. The molecule has 1 N–H and O–H groups in total. The third-order valence-electron chi connectivity index (χ3n) is 6.16. The van der Waals surface area contributed by atoms with Crippen molar-refractivity contribution in [1.29, 1.82) is 0 Å². The van der Waals surface area contributed by atoms with Crippen LogP contribution in [0.1, 0.15) is 49.5 Å². The molecule has 1 aliphatic heterocycles. The molecule has 1 amide bonds. The van der Waals surface area contributed by atoms with Gasteiger partial charge in [0.2, 0.25) is 0 Å². The van der Waals surface area contributed by atoms with Crippen LogP contribution in [0, 0.1) is 5.92 Å². The van der Waals surface area contributed by atoms with E-state index in [0.717, 1.165) is 31.5 Å².